The van der Waals surface area contributed by atoms with E-state index in [9.17, 15) is 9.59 Å². The van der Waals surface area contributed by atoms with E-state index in [0.29, 0.717) is 12.5 Å². The van der Waals surface area contributed by atoms with Gasteiger partial charge in [-0.25, -0.2) is 4.79 Å². The summed E-state index contributed by atoms with van der Waals surface area (Å²) in [6, 6.07) is -1.46. The molecule has 4 N–H and O–H groups in total. The predicted molar refractivity (Wildman–Crippen MR) is 64.4 cm³/mol. The molecule has 0 spiro atoms. The van der Waals surface area contributed by atoms with Gasteiger partial charge in [-0.2, -0.15) is 0 Å². The second-order valence-corrected chi connectivity index (χ2v) is 5.50. The van der Waals surface area contributed by atoms with E-state index in [0.717, 1.165) is 0 Å². The van der Waals surface area contributed by atoms with Crippen molar-refractivity contribution < 1.29 is 14.7 Å². The lowest BCUT2D eigenvalue weighted by atomic mass is 9.77. The molecule has 1 aliphatic rings. The number of hydrogen-bond donors (Lipinski definition) is 3. The molecule has 1 aliphatic carbocycles. The number of carboxylic acid groups (broad SMARTS) is 1. The van der Waals surface area contributed by atoms with E-state index in [1.54, 1.807) is 0 Å². The zero-order chi connectivity index (χ0) is 13.1. The van der Waals surface area contributed by atoms with Gasteiger partial charge in [-0.1, -0.05) is 26.7 Å². The standard InChI is InChI=1S/C12H22N2O3/c1-12(2,8-5-3-4-6-8)7-14-10(15)9(13)11(16)17/h8-9H,3-7,13H2,1-2H3,(H,14,15)(H,16,17). The Bertz CT molecular complexity index is 296. The highest BCUT2D eigenvalue weighted by Crippen LogP contribution is 2.38. The largest absolute Gasteiger partial charge is 0.480 e. The number of amides is 1. The van der Waals surface area contributed by atoms with Crippen LogP contribution in [0.3, 0.4) is 0 Å². The van der Waals surface area contributed by atoms with Crippen molar-refractivity contribution in [3.8, 4) is 0 Å². The predicted octanol–water partition coefficient (Wildman–Crippen LogP) is 0.731. The highest BCUT2D eigenvalue weighted by atomic mass is 16.4. The molecule has 0 aromatic heterocycles. The summed E-state index contributed by atoms with van der Waals surface area (Å²) in [6.45, 7) is 4.70. The molecule has 5 heteroatoms. The summed E-state index contributed by atoms with van der Waals surface area (Å²) in [7, 11) is 0. The summed E-state index contributed by atoms with van der Waals surface area (Å²) >= 11 is 0. The van der Waals surface area contributed by atoms with E-state index in [2.05, 4.69) is 19.2 Å². The van der Waals surface area contributed by atoms with Crippen LogP contribution in [0.2, 0.25) is 0 Å². The van der Waals surface area contributed by atoms with E-state index in [1.807, 2.05) is 0 Å². The van der Waals surface area contributed by atoms with Gasteiger partial charge in [0.05, 0.1) is 0 Å². The van der Waals surface area contributed by atoms with Crippen molar-refractivity contribution in [1.29, 1.82) is 0 Å². The quantitative estimate of drug-likeness (QED) is 0.620. The minimum absolute atomic E-state index is 0.00435. The van der Waals surface area contributed by atoms with Crippen molar-refractivity contribution in [2.75, 3.05) is 6.54 Å². The maximum atomic E-state index is 11.4. The lowest BCUT2D eigenvalue weighted by Crippen LogP contribution is -2.49. The van der Waals surface area contributed by atoms with Gasteiger partial charge < -0.3 is 16.2 Å². The molecular weight excluding hydrogens is 220 g/mol. The summed E-state index contributed by atoms with van der Waals surface area (Å²) in [4.78, 5) is 22.0. The molecule has 0 heterocycles. The fourth-order valence-corrected chi connectivity index (χ4v) is 2.39. The lowest BCUT2D eigenvalue weighted by molar-refractivity contribution is -0.142. The molecule has 1 atom stereocenters. The first-order chi connectivity index (χ1) is 7.84. The van der Waals surface area contributed by atoms with Crippen LogP contribution >= 0.6 is 0 Å². The van der Waals surface area contributed by atoms with Crippen molar-refractivity contribution in [3.05, 3.63) is 0 Å². The maximum absolute atomic E-state index is 11.4. The van der Waals surface area contributed by atoms with Crippen LogP contribution in [0, 0.1) is 11.3 Å². The first-order valence-electron chi connectivity index (χ1n) is 6.10. The topological polar surface area (TPSA) is 92.4 Å². The lowest BCUT2D eigenvalue weighted by Gasteiger charge is -2.32. The third kappa shape index (κ3) is 3.70. The molecule has 98 valence electrons. The van der Waals surface area contributed by atoms with Crippen LogP contribution in [0.1, 0.15) is 39.5 Å². The third-order valence-corrected chi connectivity index (χ3v) is 3.73. The second kappa shape index (κ2) is 5.49. The maximum Gasteiger partial charge on any atom is 0.330 e. The molecule has 1 unspecified atom stereocenters. The Kier molecular flexibility index (Phi) is 4.51. The SMILES string of the molecule is CC(C)(CNC(=O)C(N)C(=O)O)C1CCCC1. The van der Waals surface area contributed by atoms with Gasteiger partial charge in [0.1, 0.15) is 0 Å². The number of carboxylic acids is 1. The van der Waals surface area contributed by atoms with Gasteiger partial charge in [0, 0.05) is 6.54 Å². The van der Waals surface area contributed by atoms with E-state index >= 15 is 0 Å². The average molecular weight is 242 g/mol. The number of nitrogens with two attached hydrogens (primary N) is 1. The molecule has 0 saturated heterocycles. The Morgan fingerprint density at radius 3 is 2.41 bits per heavy atom. The molecule has 1 rings (SSSR count). The molecule has 0 aromatic rings. The van der Waals surface area contributed by atoms with Gasteiger partial charge in [0.2, 0.25) is 5.91 Å². The van der Waals surface area contributed by atoms with Gasteiger partial charge in [-0.3, -0.25) is 4.79 Å². The normalized spacial score (nSPS) is 19.0. The van der Waals surface area contributed by atoms with Crippen molar-refractivity contribution in [2.45, 2.75) is 45.6 Å². The van der Waals surface area contributed by atoms with Crippen LogP contribution in [0.15, 0.2) is 0 Å². The minimum atomic E-state index is -1.46. The summed E-state index contributed by atoms with van der Waals surface area (Å²) < 4.78 is 0. The van der Waals surface area contributed by atoms with Gasteiger partial charge in [-0.05, 0) is 24.2 Å². The molecular formula is C12H22N2O3. The zero-order valence-electron chi connectivity index (χ0n) is 10.5. The fraction of sp³-hybridized carbons (Fsp3) is 0.833. The number of nitrogens with one attached hydrogen (secondary N) is 1. The highest BCUT2D eigenvalue weighted by Gasteiger charge is 2.33. The Hall–Kier alpha value is -1.10. The Balaban J connectivity index is 2.43. The highest BCUT2D eigenvalue weighted by molar-refractivity contribution is 6.00. The number of carbonyl (C=O) groups excluding carboxylic acids is 1. The van der Waals surface area contributed by atoms with E-state index in [-0.39, 0.29) is 5.41 Å². The smallest absolute Gasteiger partial charge is 0.330 e. The summed E-state index contributed by atoms with van der Waals surface area (Å²) in [5.41, 5.74) is 5.24. The number of aliphatic carboxylic acids is 1. The molecule has 0 aromatic carbocycles. The molecule has 0 radical (unpaired) electrons. The van der Waals surface area contributed by atoms with Crippen LogP contribution in [-0.2, 0) is 9.59 Å². The van der Waals surface area contributed by atoms with Gasteiger partial charge in [0.15, 0.2) is 6.04 Å². The average Bonchev–Trinajstić information content (AvgIpc) is 2.78. The summed E-state index contributed by atoms with van der Waals surface area (Å²) in [5, 5.41) is 11.2. The molecule has 17 heavy (non-hydrogen) atoms. The molecule has 0 aliphatic heterocycles. The molecule has 1 fully saturated rings. The van der Waals surface area contributed by atoms with Gasteiger partial charge in [0.25, 0.3) is 0 Å². The van der Waals surface area contributed by atoms with E-state index < -0.39 is 17.9 Å². The van der Waals surface area contributed by atoms with Crippen molar-refractivity contribution >= 4 is 11.9 Å². The van der Waals surface area contributed by atoms with Gasteiger partial charge >= 0.3 is 5.97 Å². The number of carbonyl (C=O) groups is 2. The molecule has 1 amide bonds. The van der Waals surface area contributed by atoms with Crippen LogP contribution in [0.4, 0.5) is 0 Å². The van der Waals surface area contributed by atoms with E-state index in [4.69, 9.17) is 10.8 Å². The Morgan fingerprint density at radius 2 is 1.94 bits per heavy atom. The summed E-state index contributed by atoms with van der Waals surface area (Å²) in [6.07, 6.45) is 4.87. The fourth-order valence-electron chi connectivity index (χ4n) is 2.39. The molecule has 5 nitrogen and oxygen atoms in total. The first-order valence-corrected chi connectivity index (χ1v) is 6.10. The van der Waals surface area contributed by atoms with Crippen LogP contribution < -0.4 is 11.1 Å². The monoisotopic (exact) mass is 242 g/mol. The molecule has 0 bridgehead atoms. The number of rotatable bonds is 5. The number of hydrogen-bond acceptors (Lipinski definition) is 3. The van der Waals surface area contributed by atoms with E-state index in [1.165, 1.54) is 25.7 Å². The van der Waals surface area contributed by atoms with Crippen LogP contribution in [0.25, 0.3) is 0 Å². The Morgan fingerprint density at radius 1 is 1.41 bits per heavy atom. The van der Waals surface area contributed by atoms with Gasteiger partial charge in [-0.15, -0.1) is 0 Å². The van der Waals surface area contributed by atoms with Crippen molar-refractivity contribution in [3.63, 3.8) is 0 Å². The Labute approximate surface area is 102 Å². The van der Waals surface area contributed by atoms with Crippen molar-refractivity contribution in [2.24, 2.45) is 17.1 Å². The summed E-state index contributed by atoms with van der Waals surface area (Å²) in [5.74, 6) is -1.30. The van der Waals surface area contributed by atoms with Crippen molar-refractivity contribution in [1.82, 2.24) is 5.32 Å². The first kappa shape index (κ1) is 14.0. The second-order valence-electron chi connectivity index (χ2n) is 5.50. The minimum Gasteiger partial charge on any atom is -0.480 e. The molecule has 1 saturated carbocycles. The zero-order valence-corrected chi connectivity index (χ0v) is 10.5. The third-order valence-electron chi connectivity index (χ3n) is 3.73. The van der Waals surface area contributed by atoms with Crippen LogP contribution in [0.5, 0.6) is 0 Å². The van der Waals surface area contributed by atoms with Crippen LogP contribution in [-0.4, -0.2) is 29.6 Å².